The number of aldehydes is 1. The molecule has 2 aliphatic rings. The molecule has 0 radical (unpaired) electrons. The van der Waals surface area contributed by atoms with Crippen molar-refractivity contribution < 1.29 is 13.6 Å². The van der Waals surface area contributed by atoms with E-state index >= 15 is 0 Å². The lowest BCUT2D eigenvalue weighted by atomic mass is 10.1. The van der Waals surface area contributed by atoms with Crippen molar-refractivity contribution in [3.8, 4) is 0 Å². The molecule has 3 heteroatoms. The maximum atomic E-state index is 12.4. The quantitative estimate of drug-likeness (QED) is 0.512. The average Bonchev–Trinajstić information content (AvgIpc) is 2.37. The summed E-state index contributed by atoms with van der Waals surface area (Å²) in [5.74, 6) is -3.40. The fourth-order valence-corrected chi connectivity index (χ4v) is 1.96. The average molecular weight is 146 g/mol. The molecular weight excluding hydrogens is 138 g/mol. The highest BCUT2D eigenvalue weighted by molar-refractivity contribution is 5.55. The fourth-order valence-electron chi connectivity index (χ4n) is 1.96. The van der Waals surface area contributed by atoms with Crippen LogP contribution in [-0.2, 0) is 4.79 Å². The standard InChI is InChI=1S/C7H8F2O/c8-7(9)5-1-4(3-10)2-6(5)7/h3-6H,1-2H2/t4?,5-,6+. The molecule has 0 saturated heterocycles. The fraction of sp³-hybridized carbons (Fsp3) is 0.857. The monoisotopic (exact) mass is 146 g/mol. The molecule has 0 spiro atoms. The van der Waals surface area contributed by atoms with Crippen molar-refractivity contribution in [1.29, 1.82) is 0 Å². The second kappa shape index (κ2) is 1.57. The van der Waals surface area contributed by atoms with E-state index in [1.54, 1.807) is 0 Å². The summed E-state index contributed by atoms with van der Waals surface area (Å²) in [4.78, 5) is 10.1. The number of alkyl halides is 2. The second-order valence-corrected chi connectivity index (χ2v) is 3.26. The normalized spacial score (nSPS) is 48.4. The first-order valence-electron chi connectivity index (χ1n) is 3.49. The second-order valence-electron chi connectivity index (χ2n) is 3.26. The molecule has 56 valence electrons. The highest BCUT2D eigenvalue weighted by Crippen LogP contribution is 2.65. The molecule has 2 aliphatic carbocycles. The van der Waals surface area contributed by atoms with Crippen molar-refractivity contribution in [3.05, 3.63) is 0 Å². The topological polar surface area (TPSA) is 17.1 Å². The van der Waals surface area contributed by atoms with E-state index in [1.165, 1.54) is 0 Å². The van der Waals surface area contributed by atoms with Crippen LogP contribution in [0.2, 0.25) is 0 Å². The third-order valence-electron chi connectivity index (χ3n) is 2.67. The Morgan fingerprint density at radius 1 is 1.30 bits per heavy atom. The van der Waals surface area contributed by atoms with Gasteiger partial charge in [-0.3, -0.25) is 0 Å². The lowest BCUT2D eigenvalue weighted by Gasteiger charge is -2.04. The first-order chi connectivity index (χ1) is 4.66. The largest absolute Gasteiger partial charge is 0.303 e. The molecule has 1 unspecified atom stereocenters. The summed E-state index contributed by atoms with van der Waals surface area (Å²) in [5, 5.41) is 0. The summed E-state index contributed by atoms with van der Waals surface area (Å²) in [7, 11) is 0. The molecule has 0 amide bonds. The summed E-state index contributed by atoms with van der Waals surface area (Å²) in [5.41, 5.74) is 0. The smallest absolute Gasteiger partial charge is 0.254 e. The van der Waals surface area contributed by atoms with Crippen molar-refractivity contribution in [2.45, 2.75) is 18.8 Å². The van der Waals surface area contributed by atoms with Gasteiger partial charge in [0.05, 0.1) is 0 Å². The van der Waals surface area contributed by atoms with Crippen LogP contribution in [0.3, 0.4) is 0 Å². The molecule has 2 rings (SSSR count). The molecule has 2 fully saturated rings. The number of hydrogen-bond donors (Lipinski definition) is 0. The SMILES string of the molecule is O=CC1C[C@@H]2[C@H](C1)C2(F)F. The highest BCUT2D eigenvalue weighted by atomic mass is 19.3. The van der Waals surface area contributed by atoms with E-state index in [1.807, 2.05) is 0 Å². The van der Waals surface area contributed by atoms with Crippen molar-refractivity contribution in [2.75, 3.05) is 0 Å². The van der Waals surface area contributed by atoms with Crippen molar-refractivity contribution in [1.82, 2.24) is 0 Å². The zero-order chi connectivity index (χ0) is 7.35. The zero-order valence-corrected chi connectivity index (χ0v) is 5.39. The highest BCUT2D eigenvalue weighted by Gasteiger charge is 2.71. The number of carbonyl (C=O) groups excluding carboxylic acids is 1. The minimum absolute atomic E-state index is 0.0744. The molecule has 3 atom stereocenters. The number of halogens is 2. The van der Waals surface area contributed by atoms with E-state index in [4.69, 9.17) is 0 Å². The molecule has 0 aromatic heterocycles. The van der Waals surface area contributed by atoms with Gasteiger partial charge in [-0.15, -0.1) is 0 Å². The third-order valence-corrected chi connectivity index (χ3v) is 2.67. The van der Waals surface area contributed by atoms with Gasteiger partial charge in [0.1, 0.15) is 6.29 Å². The zero-order valence-electron chi connectivity index (χ0n) is 5.39. The van der Waals surface area contributed by atoms with Crippen LogP contribution in [0.25, 0.3) is 0 Å². The molecule has 0 bridgehead atoms. The van der Waals surface area contributed by atoms with Gasteiger partial charge in [-0.05, 0) is 12.8 Å². The van der Waals surface area contributed by atoms with Gasteiger partial charge >= 0.3 is 0 Å². The predicted molar refractivity (Wildman–Crippen MR) is 30.7 cm³/mol. The minimum atomic E-state index is -2.42. The van der Waals surface area contributed by atoms with E-state index in [0.29, 0.717) is 12.8 Å². The van der Waals surface area contributed by atoms with Gasteiger partial charge in [0.25, 0.3) is 5.92 Å². The van der Waals surface area contributed by atoms with E-state index in [2.05, 4.69) is 0 Å². The van der Waals surface area contributed by atoms with Crippen LogP contribution >= 0.6 is 0 Å². The Kier molecular flexibility index (Phi) is 0.984. The summed E-state index contributed by atoms with van der Waals surface area (Å²) >= 11 is 0. The Morgan fingerprint density at radius 3 is 2.20 bits per heavy atom. The van der Waals surface area contributed by atoms with E-state index in [-0.39, 0.29) is 5.92 Å². The summed E-state index contributed by atoms with van der Waals surface area (Å²) in [6.45, 7) is 0. The van der Waals surface area contributed by atoms with Crippen molar-refractivity contribution in [2.24, 2.45) is 17.8 Å². The van der Waals surface area contributed by atoms with Gasteiger partial charge in [0.2, 0.25) is 0 Å². The van der Waals surface area contributed by atoms with Gasteiger partial charge in [-0.2, -0.15) is 0 Å². The van der Waals surface area contributed by atoms with Crippen LogP contribution in [0.5, 0.6) is 0 Å². The molecule has 10 heavy (non-hydrogen) atoms. The predicted octanol–water partition coefficient (Wildman–Crippen LogP) is 1.48. The van der Waals surface area contributed by atoms with Crippen molar-refractivity contribution >= 4 is 6.29 Å². The molecular formula is C7H8F2O. The Morgan fingerprint density at radius 2 is 1.80 bits per heavy atom. The molecule has 0 N–H and O–H groups in total. The van der Waals surface area contributed by atoms with Crippen LogP contribution in [-0.4, -0.2) is 12.2 Å². The van der Waals surface area contributed by atoms with E-state index < -0.39 is 17.8 Å². The molecule has 0 heterocycles. The Balaban J connectivity index is 2.01. The van der Waals surface area contributed by atoms with Gasteiger partial charge in [0.15, 0.2) is 0 Å². The van der Waals surface area contributed by atoms with Crippen LogP contribution in [0, 0.1) is 17.8 Å². The summed E-state index contributed by atoms with van der Waals surface area (Å²) in [6.07, 6.45) is 1.64. The van der Waals surface area contributed by atoms with Crippen LogP contribution in [0.1, 0.15) is 12.8 Å². The molecule has 0 aliphatic heterocycles. The number of hydrogen-bond acceptors (Lipinski definition) is 1. The first-order valence-corrected chi connectivity index (χ1v) is 3.49. The Labute approximate surface area is 57.4 Å². The third kappa shape index (κ3) is 0.580. The summed E-state index contributed by atoms with van der Waals surface area (Å²) in [6, 6.07) is 0. The maximum absolute atomic E-state index is 12.4. The Hall–Kier alpha value is -0.470. The Bertz CT molecular complexity index is 164. The van der Waals surface area contributed by atoms with Crippen LogP contribution < -0.4 is 0 Å². The maximum Gasteiger partial charge on any atom is 0.254 e. The van der Waals surface area contributed by atoms with Gasteiger partial charge in [-0.1, -0.05) is 0 Å². The summed E-state index contributed by atoms with van der Waals surface area (Å²) < 4.78 is 24.9. The molecule has 0 aromatic carbocycles. The first kappa shape index (κ1) is 6.25. The van der Waals surface area contributed by atoms with Gasteiger partial charge < -0.3 is 4.79 Å². The lowest BCUT2D eigenvalue weighted by molar-refractivity contribution is -0.111. The lowest BCUT2D eigenvalue weighted by Crippen LogP contribution is -2.08. The van der Waals surface area contributed by atoms with Gasteiger partial charge in [0, 0.05) is 17.8 Å². The van der Waals surface area contributed by atoms with Crippen molar-refractivity contribution in [3.63, 3.8) is 0 Å². The van der Waals surface area contributed by atoms with E-state index in [0.717, 1.165) is 6.29 Å². The minimum Gasteiger partial charge on any atom is -0.303 e. The molecule has 2 saturated carbocycles. The van der Waals surface area contributed by atoms with Crippen LogP contribution in [0.4, 0.5) is 8.78 Å². The molecule has 0 aromatic rings. The van der Waals surface area contributed by atoms with E-state index in [9.17, 15) is 13.6 Å². The number of carbonyl (C=O) groups is 1. The number of fused-ring (bicyclic) bond motifs is 1. The number of rotatable bonds is 1. The van der Waals surface area contributed by atoms with Crippen LogP contribution in [0.15, 0.2) is 0 Å². The molecule has 1 nitrogen and oxygen atoms in total. The van der Waals surface area contributed by atoms with Gasteiger partial charge in [-0.25, -0.2) is 8.78 Å².